The molecule has 0 fully saturated rings. The van der Waals surface area contributed by atoms with Gasteiger partial charge in [0.15, 0.2) is 0 Å². The second-order valence-electron chi connectivity index (χ2n) is 6.70. The van der Waals surface area contributed by atoms with Crippen LogP contribution in [0.1, 0.15) is 45.3 Å². The molecule has 130 valence electrons. The Balaban J connectivity index is 2.36. The van der Waals surface area contributed by atoms with E-state index in [-0.39, 0.29) is 29.8 Å². The van der Waals surface area contributed by atoms with Crippen LogP contribution in [0.3, 0.4) is 0 Å². The predicted octanol–water partition coefficient (Wildman–Crippen LogP) is 3.74. The van der Waals surface area contributed by atoms with Crippen molar-refractivity contribution in [3.05, 3.63) is 48.0 Å². The summed E-state index contributed by atoms with van der Waals surface area (Å²) in [5.41, 5.74) is 0.908. The number of allylic oxidation sites excluding steroid dienone is 2. The van der Waals surface area contributed by atoms with Crippen LogP contribution in [0.25, 0.3) is 0 Å². The Hall–Kier alpha value is -2.10. The SMILES string of the molecule is C[C@@H]1C(c2ccccc2)OC(=O)[C@@H](C)CC=CC[C@H](C)C(=O)N1C. The number of hydrogen-bond acceptors (Lipinski definition) is 3. The van der Waals surface area contributed by atoms with Gasteiger partial charge in [0, 0.05) is 13.0 Å². The van der Waals surface area contributed by atoms with Crippen molar-refractivity contribution in [3.63, 3.8) is 0 Å². The summed E-state index contributed by atoms with van der Waals surface area (Å²) in [6.45, 7) is 5.75. The minimum absolute atomic E-state index is 0.0674. The molecule has 1 unspecified atom stereocenters. The third kappa shape index (κ3) is 4.25. The second-order valence-corrected chi connectivity index (χ2v) is 6.70. The number of esters is 1. The Morgan fingerprint density at radius 3 is 2.17 bits per heavy atom. The number of benzene rings is 1. The standard InChI is InChI=1S/C20H27NO3/c1-14-10-8-9-11-15(2)20(23)24-18(16(3)21(4)19(14)22)17-12-6-5-7-13-17/h5-9,12-16,18H,10-11H2,1-4H3/t14-,15-,16+,18?/m0/s1. The Labute approximate surface area is 144 Å². The molecule has 1 aromatic carbocycles. The van der Waals surface area contributed by atoms with Crippen molar-refractivity contribution in [3.8, 4) is 0 Å². The molecule has 0 saturated carbocycles. The highest BCUT2D eigenvalue weighted by molar-refractivity contribution is 5.79. The number of carbonyl (C=O) groups excluding carboxylic acids is 2. The Morgan fingerprint density at radius 2 is 1.54 bits per heavy atom. The van der Waals surface area contributed by atoms with E-state index in [0.29, 0.717) is 12.8 Å². The van der Waals surface area contributed by atoms with Gasteiger partial charge in [0.05, 0.1) is 12.0 Å². The fourth-order valence-electron chi connectivity index (χ4n) is 2.88. The molecule has 24 heavy (non-hydrogen) atoms. The molecule has 1 amide bonds. The van der Waals surface area contributed by atoms with Crippen molar-refractivity contribution < 1.29 is 14.3 Å². The fraction of sp³-hybridized carbons (Fsp3) is 0.500. The highest BCUT2D eigenvalue weighted by Gasteiger charge is 2.32. The number of hydrogen-bond donors (Lipinski definition) is 0. The Bertz CT molecular complexity index is 596. The molecule has 4 heteroatoms. The lowest BCUT2D eigenvalue weighted by molar-refractivity contribution is -0.160. The largest absolute Gasteiger partial charge is 0.455 e. The third-order valence-corrected chi connectivity index (χ3v) is 4.74. The van der Waals surface area contributed by atoms with Gasteiger partial charge in [-0.3, -0.25) is 9.59 Å². The lowest BCUT2D eigenvalue weighted by Crippen LogP contribution is -2.43. The average molecular weight is 329 g/mol. The van der Waals surface area contributed by atoms with Crippen LogP contribution in [0, 0.1) is 11.8 Å². The van der Waals surface area contributed by atoms with E-state index in [2.05, 4.69) is 0 Å². The zero-order valence-electron chi connectivity index (χ0n) is 14.9. The Kier molecular flexibility index (Phi) is 6.18. The molecule has 0 aliphatic carbocycles. The molecule has 2 rings (SSSR count). The third-order valence-electron chi connectivity index (χ3n) is 4.74. The van der Waals surface area contributed by atoms with E-state index in [1.54, 1.807) is 11.9 Å². The van der Waals surface area contributed by atoms with E-state index in [1.165, 1.54) is 0 Å². The molecule has 4 nitrogen and oxygen atoms in total. The van der Waals surface area contributed by atoms with Gasteiger partial charge in [-0.2, -0.15) is 0 Å². The van der Waals surface area contributed by atoms with Crippen molar-refractivity contribution in [2.75, 3.05) is 7.05 Å². The van der Waals surface area contributed by atoms with E-state index in [9.17, 15) is 9.59 Å². The van der Waals surface area contributed by atoms with Crippen molar-refractivity contribution >= 4 is 11.9 Å². The van der Waals surface area contributed by atoms with E-state index in [4.69, 9.17) is 4.74 Å². The predicted molar refractivity (Wildman–Crippen MR) is 94.2 cm³/mol. The van der Waals surface area contributed by atoms with Gasteiger partial charge in [0.2, 0.25) is 5.91 Å². The van der Waals surface area contributed by atoms with Crippen LogP contribution >= 0.6 is 0 Å². The summed E-state index contributed by atoms with van der Waals surface area (Å²) in [6.07, 6.45) is 4.81. The lowest BCUT2D eigenvalue weighted by atomic mass is 9.98. The first-order valence-corrected chi connectivity index (χ1v) is 8.59. The molecule has 0 radical (unpaired) electrons. The molecule has 0 saturated heterocycles. The van der Waals surface area contributed by atoms with Crippen molar-refractivity contribution in [2.24, 2.45) is 11.8 Å². The molecule has 1 aromatic rings. The first-order chi connectivity index (χ1) is 11.4. The van der Waals surface area contributed by atoms with E-state index >= 15 is 0 Å². The smallest absolute Gasteiger partial charge is 0.309 e. The van der Waals surface area contributed by atoms with E-state index in [0.717, 1.165) is 5.56 Å². The van der Waals surface area contributed by atoms with Gasteiger partial charge < -0.3 is 9.64 Å². The van der Waals surface area contributed by atoms with Crippen LogP contribution in [0.5, 0.6) is 0 Å². The fourth-order valence-corrected chi connectivity index (χ4v) is 2.88. The number of rotatable bonds is 1. The molecule has 1 aliphatic rings. The molecule has 4 atom stereocenters. The highest BCUT2D eigenvalue weighted by atomic mass is 16.5. The zero-order valence-corrected chi connectivity index (χ0v) is 14.9. The van der Waals surface area contributed by atoms with E-state index < -0.39 is 6.10 Å². The van der Waals surface area contributed by atoms with Gasteiger partial charge in [0.25, 0.3) is 0 Å². The van der Waals surface area contributed by atoms with Gasteiger partial charge in [-0.15, -0.1) is 0 Å². The summed E-state index contributed by atoms with van der Waals surface area (Å²) in [5.74, 6) is -0.446. The van der Waals surface area contributed by atoms with Crippen molar-refractivity contribution in [2.45, 2.75) is 45.8 Å². The molecular formula is C20H27NO3. The number of likely N-dealkylation sites (N-methyl/N-ethyl adjacent to an activating group) is 1. The number of ether oxygens (including phenoxy) is 1. The van der Waals surface area contributed by atoms with Crippen LogP contribution in [-0.2, 0) is 14.3 Å². The quantitative estimate of drug-likeness (QED) is 0.582. The van der Waals surface area contributed by atoms with Gasteiger partial charge in [-0.25, -0.2) is 0 Å². The van der Waals surface area contributed by atoms with Crippen molar-refractivity contribution in [1.82, 2.24) is 4.90 Å². The molecule has 1 heterocycles. The maximum Gasteiger partial charge on any atom is 0.309 e. The van der Waals surface area contributed by atoms with Gasteiger partial charge in [-0.1, -0.05) is 56.3 Å². The number of nitrogens with zero attached hydrogens (tertiary/aromatic N) is 1. The summed E-state index contributed by atoms with van der Waals surface area (Å²) in [7, 11) is 1.78. The normalized spacial score (nSPS) is 29.6. The first kappa shape index (κ1) is 18.2. The van der Waals surface area contributed by atoms with E-state index in [1.807, 2.05) is 63.3 Å². The zero-order chi connectivity index (χ0) is 17.7. The van der Waals surface area contributed by atoms with Crippen LogP contribution in [0.15, 0.2) is 42.5 Å². The minimum atomic E-state index is -0.467. The summed E-state index contributed by atoms with van der Waals surface area (Å²) in [5, 5.41) is 0. The topological polar surface area (TPSA) is 46.6 Å². The van der Waals surface area contributed by atoms with Gasteiger partial charge in [-0.05, 0) is 25.3 Å². The maximum absolute atomic E-state index is 12.6. The van der Waals surface area contributed by atoms with Crippen LogP contribution in [-0.4, -0.2) is 29.9 Å². The summed E-state index contributed by atoms with van der Waals surface area (Å²) in [6, 6.07) is 9.40. The molecule has 0 aromatic heterocycles. The minimum Gasteiger partial charge on any atom is -0.455 e. The summed E-state index contributed by atoms with van der Waals surface area (Å²) < 4.78 is 5.82. The first-order valence-electron chi connectivity index (χ1n) is 8.59. The molecule has 0 N–H and O–H groups in total. The number of cyclic esters (lactones) is 1. The summed E-state index contributed by atoms with van der Waals surface area (Å²) in [4.78, 5) is 26.8. The van der Waals surface area contributed by atoms with Crippen LogP contribution < -0.4 is 0 Å². The van der Waals surface area contributed by atoms with Crippen molar-refractivity contribution in [1.29, 1.82) is 0 Å². The lowest BCUT2D eigenvalue weighted by Gasteiger charge is -2.34. The molecular weight excluding hydrogens is 302 g/mol. The van der Waals surface area contributed by atoms with Crippen LogP contribution in [0.4, 0.5) is 0 Å². The maximum atomic E-state index is 12.6. The average Bonchev–Trinajstić information content (AvgIpc) is 2.60. The Morgan fingerprint density at radius 1 is 0.958 bits per heavy atom. The summed E-state index contributed by atoms with van der Waals surface area (Å²) >= 11 is 0. The van der Waals surface area contributed by atoms with Crippen LogP contribution in [0.2, 0.25) is 0 Å². The monoisotopic (exact) mass is 329 g/mol. The second kappa shape index (κ2) is 8.13. The van der Waals surface area contributed by atoms with Gasteiger partial charge in [0.1, 0.15) is 6.10 Å². The highest BCUT2D eigenvalue weighted by Crippen LogP contribution is 2.28. The number of amides is 1. The number of carbonyl (C=O) groups is 2. The molecule has 0 spiro atoms. The molecule has 0 bridgehead atoms. The molecule has 1 aliphatic heterocycles. The van der Waals surface area contributed by atoms with Gasteiger partial charge >= 0.3 is 5.97 Å².